The standard InChI is InChI=1S/C21H27N9O12P2/c22-16-12-9(1-2-24-16)29(6-25-12)20-14(32)15(41-43(34)35)11(40-20)5-38-44(36,37)42-10-3-8(4-31)39-19(10)30-7-26-13-17(30)27-21(23)28-18(13)33/h1-2,6-8,10-11,14-15,19-20,31-32,43H,3-5H2,(H2,22,24)(H,34,35)(H,36,37)(H3,23,27,28,33)/t8-,10?,11+,14+,15?,19+,20+/m0/s1. The van der Waals surface area contributed by atoms with Crippen LogP contribution in [0.5, 0.6) is 0 Å². The van der Waals surface area contributed by atoms with E-state index in [1.807, 2.05) is 0 Å². The van der Waals surface area contributed by atoms with Crippen LogP contribution in [0.2, 0.25) is 0 Å². The van der Waals surface area contributed by atoms with E-state index < -0.39 is 77.8 Å². The topological polar surface area (TPSA) is 308 Å². The average Bonchev–Trinajstić information content (AvgIpc) is 3.73. The van der Waals surface area contributed by atoms with Gasteiger partial charge in [0.2, 0.25) is 5.95 Å². The maximum absolute atomic E-state index is 13.1. The number of phosphoric acid groups is 1. The van der Waals surface area contributed by atoms with Gasteiger partial charge in [0.25, 0.3) is 5.56 Å². The molecule has 23 heteroatoms. The molecule has 9 N–H and O–H groups in total. The van der Waals surface area contributed by atoms with Gasteiger partial charge in [-0.1, -0.05) is 0 Å². The van der Waals surface area contributed by atoms with Gasteiger partial charge in [-0.15, -0.1) is 0 Å². The fourth-order valence-electron chi connectivity index (χ4n) is 5.20. The number of aromatic nitrogens is 7. The number of nitrogens with one attached hydrogen (secondary N) is 1. The minimum Gasteiger partial charge on any atom is -0.394 e. The van der Waals surface area contributed by atoms with E-state index in [9.17, 15) is 33.9 Å². The predicted molar refractivity (Wildman–Crippen MR) is 147 cm³/mol. The summed E-state index contributed by atoms with van der Waals surface area (Å²) in [5.41, 5.74) is 11.5. The zero-order chi connectivity index (χ0) is 31.3. The first kappa shape index (κ1) is 30.7. The molecule has 2 aliphatic heterocycles. The molecule has 238 valence electrons. The lowest BCUT2D eigenvalue weighted by molar-refractivity contribution is -0.0607. The van der Waals surface area contributed by atoms with Gasteiger partial charge in [-0.05, 0) is 6.07 Å². The Morgan fingerprint density at radius 1 is 1.16 bits per heavy atom. The zero-order valence-electron chi connectivity index (χ0n) is 22.3. The van der Waals surface area contributed by atoms with Crippen molar-refractivity contribution < 1.29 is 52.2 Å². The van der Waals surface area contributed by atoms with Crippen LogP contribution in [0.3, 0.4) is 0 Å². The van der Waals surface area contributed by atoms with Gasteiger partial charge in [0, 0.05) is 12.6 Å². The molecule has 6 rings (SSSR count). The second-order valence-electron chi connectivity index (χ2n) is 9.87. The molecule has 0 aromatic carbocycles. The fraction of sp³-hybridized carbons (Fsp3) is 0.476. The Morgan fingerprint density at radius 2 is 1.91 bits per heavy atom. The number of H-pyrrole nitrogens is 1. The van der Waals surface area contributed by atoms with E-state index in [2.05, 4.69) is 24.9 Å². The van der Waals surface area contributed by atoms with Gasteiger partial charge < -0.3 is 50.0 Å². The predicted octanol–water partition coefficient (Wildman–Crippen LogP) is -1.46. The Labute approximate surface area is 245 Å². The minimum atomic E-state index is -4.96. The number of aromatic amines is 1. The number of rotatable bonds is 10. The number of phosphoric ester groups is 1. The molecule has 0 aliphatic carbocycles. The first-order valence-electron chi connectivity index (χ1n) is 12.9. The van der Waals surface area contributed by atoms with E-state index in [1.54, 1.807) is 6.07 Å². The van der Waals surface area contributed by atoms with Gasteiger partial charge in [0.15, 0.2) is 29.4 Å². The summed E-state index contributed by atoms with van der Waals surface area (Å²) in [4.78, 5) is 50.7. The molecular weight excluding hydrogens is 632 g/mol. The quantitative estimate of drug-likeness (QED) is 0.0956. The zero-order valence-corrected chi connectivity index (χ0v) is 24.2. The molecule has 2 fully saturated rings. The van der Waals surface area contributed by atoms with Crippen molar-refractivity contribution in [3.05, 3.63) is 35.3 Å². The summed E-state index contributed by atoms with van der Waals surface area (Å²) in [7, 11) is -8.57. The largest absolute Gasteiger partial charge is 0.472 e. The van der Waals surface area contributed by atoms with Crippen molar-refractivity contribution in [2.45, 2.75) is 49.4 Å². The number of pyridine rings is 1. The van der Waals surface area contributed by atoms with Gasteiger partial charge in [-0.25, -0.2) is 19.5 Å². The van der Waals surface area contributed by atoms with E-state index in [-0.39, 0.29) is 29.4 Å². The Balaban J connectivity index is 1.20. The molecule has 4 aromatic heterocycles. The van der Waals surface area contributed by atoms with E-state index in [0.29, 0.717) is 11.0 Å². The summed E-state index contributed by atoms with van der Waals surface area (Å²) in [6, 6.07) is 1.56. The molecule has 4 aromatic rings. The number of aliphatic hydroxyl groups is 2. The summed E-state index contributed by atoms with van der Waals surface area (Å²) in [6.45, 7) is -1.20. The monoisotopic (exact) mass is 659 g/mol. The first-order valence-corrected chi connectivity index (χ1v) is 15.7. The van der Waals surface area contributed by atoms with Crippen LogP contribution in [-0.4, -0.2) is 97.8 Å². The number of nitrogens with two attached hydrogens (primary N) is 2. The van der Waals surface area contributed by atoms with Gasteiger partial charge in [0.1, 0.15) is 29.9 Å². The van der Waals surface area contributed by atoms with Gasteiger partial charge in [0.05, 0.1) is 37.5 Å². The molecule has 0 radical (unpaired) electrons. The van der Waals surface area contributed by atoms with Crippen LogP contribution >= 0.6 is 16.1 Å². The number of fused-ring (bicyclic) bond motifs is 2. The maximum atomic E-state index is 13.1. The second-order valence-corrected chi connectivity index (χ2v) is 12.0. The molecule has 4 unspecified atom stereocenters. The molecule has 21 nitrogen and oxygen atoms in total. The molecule has 0 amide bonds. The van der Waals surface area contributed by atoms with E-state index >= 15 is 0 Å². The van der Waals surface area contributed by atoms with Crippen LogP contribution in [0.25, 0.3) is 22.2 Å². The lowest BCUT2D eigenvalue weighted by Crippen LogP contribution is -2.35. The molecule has 2 saturated heterocycles. The third-order valence-electron chi connectivity index (χ3n) is 7.09. The van der Waals surface area contributed by atoms with Crippen molar-refractivity contribution in [1.29, 1.82) is 0 Å². The Hall–Kier alpha value is -3.33. The number of nitrogen functional groups attached to an aromatic ring is 2. The summed E-state index contributed by atoms with van der Waals surface area (Å²) >= 11 is 0. The molecule has 44 heavy (non-hydrogen) atoms. The third-order valence-corrected chi connectivity index (χ3v) is 8.57. The van der Waals surface area contributed by atoms with Crippen molar-refractivity contribution in [3.63, 3.8) is 0 Å². The van der Waals surface area contributed by atoms with Crippen LogP contribution in [0.15, 0.2) is 29.7 Å². The molecule has 6 heterocycles. The first-order chi connectivity index (χ1) is 21.0. The fourth-order valence-corrected chi connectivity index (χ4v) is 6.65. The molecule has 2 aliphatic rings. The lowest BCUT2D eigenvalue weighted by Gasteiger charge is -2.24. The van der Waals surface area contributed by atoms with E-state index in [4.69, 9.17) is 34.5 Å². The van der Waals surface area contributed by atoms with Gasteiger partial charge >= 0.3 is 16.1 Å². The maximum Gasteiger partial charge on any atom is 0.472 e. The van der Waals surface area contributed by atoms with Crippen LogP contribution in [0.4, 0.5) is 11.8 Å². The number of imidazole rings is 2. The van der Waals surface area contributed by atoms with Crippen molar-refractivity contribution in [3.8, 4) is 0 Å². The highest BCUT2D eigenvalue weighted by Crippen LogP contribution is 2.50. The number of ether oxygens (including phenoxy) is 2. The minimum absolute atomic E-state index is 0.000273. The van der Waals surface area contributed by atoms with Crippen LogP contribution in [-0.2, 0) is 32.2 Å². The van der Waals surface area contributed by atoms with E-state index in [1.165, 1.54) is 28.0 Å². The summed E-state index contributed by atoms with van der Waals surface area (Å²) in [5, 5.41) is 20.6. The average molecular weight is 659 g/mol. The third kappa shape index (κ3) is 5.75. The summed E-state index contributed by atoms with van der Waals surface area (Å²) in [6.07, 6.45) is -4.96. The second kappa shape index (κ2) is 11.9. The number of hydrogen-bond acceptors (Lipinski definition) is 16. The smallest absolute Gasteiger partial charge is 0.394 e. The SMILES string of the molecule is Nc1nc2c(ncn2[C@@H]2O[C@H](CO)CC2OP(=O)(O)OC[C@H]2O[C@@H](n3cnc4c(N)nccc43)[C@H](O)C2O[PH](=O)O)c(=O)[nH]1. The molecule has 9 atom stereocenters. The van der Waals surface area contributed by atoms with Crippen molar-refractivity contribution in [1.82, 2.24) is 34.1 Å². The molecule has 0 saturated carbocycles. The number of nitrogens with zero attached hydrogens (tertiary/aromatic N) is 6. The normalized spacial score (nSPS) is 29.4. The summed E-state index contributed by atoms with van der Waals surface area (Å²) < 4.78 is 54.6. The Bertz CT molecular complexity index is 1820. The van der Waals surface area contributed by atoms with Crippen LogP contribution < -0.4 is 17.0 Å². The molecular formula is C21H27N9O12P2. The lowest BCUT2D eigenvalue weighted by atomic mass is 10.1. The summed E-state index contributed by atoms with van der Waals surface area (Å²) in [5.74, 6) is -0.0924. The van der Waals surface area contributed by atoms with Crippen molar-refractivity contribution in [2.75, 3.05) is 24.7 Å². The number of anilines is 2. The highest BCUT2D eigenvalue weighted by atomic mass is 31.2. The van der Waals surface area contributed by atoms with E-state index in [0.717, 1.165) is 0 Å². The van der Waals surface area contributed by atoms with Crippen LogP contribution in [0, 0.1) is 0 Å². The highest BCUT2D eigenvalue weighted by Gasteiger charge is 2.49. The van der Waals surface area contributed by atoms with Gasteiger partial charge in [-0.2, -0.15) is 4.98 Å². The number of hydrogen-bond donors (Lipinski definition) is 7. The van der Waals surface area contributed by atoms with Gasteiger partial charge in [-0.3, -0.25) is 28.0 Å². The Kier molecular flexibility index (Phi) is 8.28. The van der Waals surface area contributed by atoms with Crippen molar-refractivity contribution >= 4 is 50.0 Å². The Morgan fingerprint density at radius 3 is 2.66 bits per heavy atom. The van der Waals surface area contributed by atoms with Crippen molar-refractivity contribution in [2.24, 2.45) is 0 Å². The molecule has 0 spiro atoms. The molecule has 0 bridgehead atoms. The number of aliphatic hydroxyl groups excluding tert-OH is 2. The van der Waals surface area contributed by atoms with Crippen LogP contribution in [0.1, 0.15) is 18.9 Å². The highest BCUT2D eigenvalue weighted by molar-refractivity contribution is 7.47.